The lowest BCUT2D eigenvalue weighted by atomic mass is 10.2. The largest absolute Gasteiger partial charge is 0.477 e. The third-order valence-electron chi connectivity index (χ3n) is 2.51. The molecule has 0 saturated heterocycles. The first-order chi connectivity index (χ1) is 9.15. The normalized spacial score (nSPS) is 10.2. The van der Waals surface area contributed by atoms with Gasteiger partial charge in [0, 0.05) is 6.54 Å². The van der Waals surface area contributed by atoms with Gasteiger partial charge in [-0.25, -0.2) is 9.78 Å². The van der Waals surface area contributed by atoms with Crippen LogP contribution in [0, 0.1) is 0 Å². The van der Waals surface area contributed by atoms with Gasteiger partial charge in [-0.2, -0.15) is 11.8 Å². The van der Waals surface area contributed by atoms with Crippen molar-refractivity contribution in [2.45, 2.75) is 19.3 Å². The minimum Gasteiger partial charge on any atom is -0.477 e. The van der Waals surface area contributed by atoms with Gasteiger partial charge in [-0.05, 0) is 37.0 Å². The minimum absolute atomic E-state index is 0.118. The highest BCUT2D eigenvalue weighted by Crippen LogP contribution is 2.02. The summed E-state index contributed by atoms with van der Waals surface area (Å²) in [6, 6.07) is 4.39. The first kappa shape index (κ1) is 15.5. The number of unbranched alkanes of at least 4 members (excludes halogenated alkanes) is 2. The van der Waals surface area contributed by atoms with Crippen LogP contribution in [0.15, 0.2) is 18.2 Å². The van der Waals surface area contributed by atoms with Crippen LogP contribution in [0.4, 0.5) is 0 Å². The molecule has 0 aliphatic rings. The smallest absolute Gasteiger partial charge is 0.354 e. The number of carboxylic acids is 1. The number of carbonyl (C=O) groups is 2. The van der Waals surface area contributed by atoms with E-state index in [4.69, 9.17) is 5.11 Å². The average molecular weight is 282 g/mol. The summed E-state index contributed by atoms with van der Waals surface area (Å²) >= 11 is 1.81. The fraction of sp³-hybridized carbons (Fsp3) is 0.462. The standard InChI is InChI=1S/C13H18N2O3S/c1-19-9-4-2-3-8-14-12(16)10-6-5-7-11(15-10)13(17)18/h5-7H,2-4,8-9H2,1H3,(H,14,16)(H,17,18). The topological polar surface area (TPSA) is 79.3 Å². The summed E-state index contributed by atoms with van der Waals surface area (Å²) in [7, 11) is 0. The molecule has 1 heterocycles. The van der Waals surface area contributed by atoms with E-state index in [1.807, 2.05) is 11.8 Å². The van der Waals surface area contributed by atoms with Crippen molar-refractivity contribution in [3.05, 3.63) is 29.6 Å². The predicted octanol–water partition coefficient (Wildman–Crippen LogP) is 2.04. The highest BCUT2D eigenvalue weighted by atomic mass is 32.2. The molecule has 2 N–H and O–H groups in total. The molecule has 1 amide bonds. The van der Waals surface area contributed by atoms with Crippen LogP contribution in [-0.2, 0) is 0 Å². The second-order valence-electron chi connectivity index (χ2n) is 4.02. The summed E-state index contributed by atoms with van der Waals surface area (Å²) in [6.07, 6.45) is 5.21. The number of nitrogens with one attached hydrogen (secondary N) is 1. The van der Waals surface area contributed by atoms with Gasteiger partial charge < -0.3 is 10.4 Å². The summed E-state index contributed by atoms with van der Waals surface area (Å²) in [4.78, 5) is 26.3. The molecule has 6 heteroatoms. The fourth-order valence-electron chi connectivity index (χ4n) is 1.52. The molecule has 0 radical (unpaired) electrons. The Kier molecular flexibility index (Phi) is 6.95. The van der Waals surface area contributed by atoms with Crippen LogP contribution in [0.5, 0.6) is 0 Å². The number of carbonyl (C=O) groups excluding carboxylic acids is 1. The Labute approximate surface area is 116 Å². The van der Waals surface area contributed by atoms with Crippen molar-refractivity contribution in [3.8, 4) is 0 Å². The molecule has 19 heavy (non-hydrogen) atoms. The molecule has 1 aromatic heterocycles. The first-order valence-corrected chi connectivity index (χ1v) is 7.52. The van der Waals surface area contributed by atoms with Crippen molar-refractivity contribution in [3.63, 3.8) is 0 Å². The van der Waals surface area contributed by atoms with E-state index in [2.05, 4.69) is 16.6 Å². The second kappa shape index (κ2) is 8.53. The molecular formula is C13H18N2O3S. The van der Waals surface area contributed by atoms with E-state index in [0.29, 0.717) is 6.54 Å². The molecule has 0 saturated carbocycles. The van der Waals surface area contributed by atoms with E-state index in [1.165, 1.54) is 18.2 Å². The van der Waals surface area contributed by atoms with Crippen molar-refractivity contribution in [1.82, 2.24) is 10.3 Å². The van der Waals surface area contributed by atoms with Crippen LogP contribution >= 0.6 is 11.8 Å². The molecule has 0 atom stereocenters. The highest BCUT2D eigenvalue weighted by molar-refractivity contribution is 7.98. The molecule has 5 nitrogen and oxygen atoms in total. The quantitative estimate of drug-likeness (QED) is 0.713. The molecule has 0 bridgehead atoms. The van der Waals surface area contributed by atoms with Gasteiger partial charge in [0.1, 0.15) is 11.4 Å². The maximum Gasteiger partial charge on any atom is 0.354 e. The van der Waals surface area contributed by atoms with Gasteiger partial charge in [0.15, 0.2) is 0 Å². The number of hydrogen-bond donors (Lipinski definition) is 2. The Morgan fingerprint density at radius 2 is 2.00 bits per heavy atom. The van der Waals surface area contributed by atoms with Crippen molar-refractivity contribution < 1.29 is 14.7 Å². The maximum atomic E-state index is 11.7. The highest BCUT2D eigenvalue weighted by Gasteiger charge is 2.10. The van der Waals surface area contributed by atoms with Gasteiger partial charge in [0.25, 0.3) is 5.91 Å². The Morgan fingerprint density at radius 3 is 2.68 bits per heavy atom. The van der Waals surface area contributed by atoms with Gasteiger partial charge in [-0.1, -0.05) is 12.5 Å². The second-order valence-corrected chi connectivity index (χ2v) is 5.01. The van der Waals surface area contributed by atoms with Crippen LogP contribution in [0.1, 0.15) is 40.2 Å². The van der Waals surface area contributed by atoms with Crippen LogP contribution in [0.25, 0.3) is 0 Å². The van der Waals surface area contributed by atoms with E-state index < -0.39 is 5.97 Å². The summed E-state index contributed by atoms with van der Waals surface area (Å²) in [5.41, 5.74) is 0.0247. The SMILES string of the molecule is CSCCCCCNC(=O)c1cccc(C(=O)O)n1. The van der Waals surface area contributed by atoms with Crippen molar-refractivity contribution in [1.29, 1.82) is 0 Å². The van der Waals surface area contributed by atoms with Gasteiger partial charge in [-0.15, -0.1) is 0 Å². The number of thioether (sulfide) groups is 1. The Morgan fingerprint density at radius 1 is 1.26 bits per heavy atom. The van der Waals surface area contributed by atoms with Crippen LogP contribution in [-0.4, -0.2) is 40.5 Å². The number of carboxylic acid groups (broad SMARTS) is 1. The number of rotatable bonds is 8. The predicted molar refractivity (Wildman–Crippen MR) is 75.8 cm³/mol. The number of hydrogen-bond acceptors (Lipinski definition) is 4. The molecule has 0 fully saturated rings. The zero-order chi connectivity index (χ0) is 14.1. The number of aromatic carboxylic acids is 1. The van der Waals surface area contributed by atoms with E-state index in [9.17, 15) is 9.59 Å². The monoisotopic (exact) mass is 282 g/mol. The molecule has 0 unspecified atom stereocenters. The molecule has 0 aromatic carbocycles. The third-order valence-corrected chi connectivity index (χ3v) is 3.21. The molecular weight excluding hydrogens is 264 g/mol. The van der Waals surface area contributed by atoms with E-state index >= 15 is 0 Å². The first-order valence-electron chi connectivity index (χ1n) is 6.12. The third kappa shape index (κ3) is 5.74. The summed E-state index contributed by atoms with van der Waals surface area (Å²) in [6.45, 7) is 0.589. The number of pyridine rings is 1. The van der Waals surface area contributed by atoms with E-state index in [-0.39, 0.29) is 17.3 Å². The molecule has 104 valence electrons. The van der Waals surface area contributed by atoms with Crippen LogP contribution < -0.4 is 5.32 Å². The maximum absolute atomic E-state index is 11.7. The Bertz CT molecular complexity index is 438. The lowest BCUT2D eigenvalue weighted by molar-refractivity contribution is 0.0690. The number of aromatic nitrogens is 1. The van der Waals surface area contributed by atoms with Crippen molar-refractivity contribution in [2.24, 2.45) is 0 Å². The molecule has 0 spiro atoms. The van der Waals surface area contributed by atoms with Crippen molar-refractivity contribution >= 4 is 23.6 Å². The van der Waals surface area contributed by atoms with Gasteiger partial charge in [-0.3, -0.25) is 4.79 Å². The van der Waals surface area contributed by atoms with E-state index in [0.717, 1.165) is 25.0 Å². The summed E-state index contributed by atoms with van der Waals surface area (Å²) in [5.74, 6) is -0.324. The van der Waals surface area contributed by atoms with Gasteiger partial charge in [0.2, 0.25) is 0 Å². The minimum atomic E-state index is -1.13. The van der Waals surface area contributed by atoms with Gasteiger partial charge in [0.05, 0.1) is 0 Å². The Hall–Kier alpha value is -1.56. The molecule has 1 aromatic rings. The number of amides is 1. The zero-order valence-electron chi connectivity index (χ0n) is 10.9. The number of nitrogens with zero attached hydrogens (tertiary/aromatic N) is 1. The van der Waals surface area contributed by atoms with Crippen LogP contribution in [0.2, 0.25) is 0 Å². The molecule has 0 aliphatic carbocycles. The fourth-order valence-corrected chi connectivity index (χ4v) is 2.01. The van der Waals surface area contributed by atoms with Crippen molar-refractivity contribution in [2.75, 3.05) is 18.6 Å². The van der Waals surface area contributed by atoms with Crippen LogP contribution in [0.3, 0.4) is 0 Å². The zero-order valence-corrected chi connectivity index (χ0v) is 11.7. The van der Waals surface area contributed by atoms with Gasteiger partial charge >= 0.3 is 5.97 Å². The van der Waals surface area contributed by atoms with E-state index in [1.54, 1.807) is 0 Å². The lowest BCUT2D eigenvalue weighted by Crippen LogP contribution is -2.25. The molecule has 0 aliphatic heterocycles. The summed E-state index contributed by atoms with van der Waals surface area (Å²) < 4.78 is 0. The lowest BCUT2D eigenvalue weighted by Gasteiger charge is -2.05. The molecule has 1 rings (SSSR count). The Balaban J connectivity index is 2.37. The average Bonchev–Trinajstić information content (AvgIpc) is 2.42. The summed E-state index contributed by atoms with van der Waals surface area (Å²) in [5, 5.41) is 11.5.